The summed E-state index contributed by atoms with van der Waals surface area (Å²) in [6.07, 6.45) is 1.67. The van der Waals surface area contributed by atoms with Gasteiger partial charge in [0.15, 0.2) is 0 Å². The summed E-state index contributed by atoms with van der Waals surface area (Å²) in [6, 6.07) is 15.1. The third-order valence-electron chi connectivity index (χ3n) is 3.97. The summed E-state index contributed by atoms with van der Waals surface area (Å²) in [7, 11) is 1.76. The molecule has 0 saturated heterocycles. The number of fused-ring (bicyclic) bond motifs is 1. The Kier molecular flexibility index (Phi) is 3.57. The van der Waals surface area contributed by atoms with Crippen LogP contribution in [-0.2, 0) is 0 Å². The largest absolute Gasteiger partial charge is 0.508 e. The van der Waals surface area contributed by atoms with Gasteiger partial charge in [-0.2, -0.15) is 0 Å². The zero-order valence-electron chi connectivity index (χ0n) is 13.4. The van der Waals surface area contributed by atoms with Gasteiger partial charge in [-0.1, -0.05) is 18.2 Å². The molecule has 4 aromatic rings. The lowest BCUT2D eigenvalue weighted by Gasteiger charge is -2.09. The summed E-state index contributed by atoms with van der Waals surface area (Å²) in [6.45, 7) is 0. The highest BCUT2D eigenvalue weighted by molar-refractivity contribution is 5.84. The Labute approximate surface area is 143 Å². The molecule has 0 aliphatic rings. The minimum absolute atomic E-state index is 0.175. The van der Waals surface area contributed by atoms with Crippen LogP contribution in [0.2, 0.25) is 0 Å². The molecule has 2 heterocycles. The number of benzene rings is 2. The molecule has 0 atom stereocenters. The Hall–Kier alpha value is -3.41. The maximum absolute atomic E-state index is 13.7. The molecule has 2 aromatic carbocycles. The van der Waals surface area contributed by atoms with Gasteiger partial charge in [0, 0.05) is 12.6 Å². The van der Waals surface area contributed by atoms with Crippen LogP contribution in [0, 0.1) is 5.82 Å². The molecule has 2 aromatic heterocycles. The Balaban J connectivity index is 1.96. The first-order chi connectivity index (χ1) is 12.2. The van der Waals surface area contributed by atoms with Gasteiger partial charge in [-0.25, -0.2) is 9.37 Å². The molecule has 0 radical (unpaired) electrons. The molecule has 0 aliphatic heterocycles. The number of rotatable bonds is 3. The molecule has 0 fully saturated rings. The molecule has 0 bridgehead atoms. The molecule has 0 amide bonds. The second-order valence-electron chi connectivity index (χ2n) is 5.61. The first-order valence-electron chi connectivity index (χ1n) is 7.77. The molecule has 25 heavy (non-hydrogen) atoms. The highest BCUT2D eigenvalue weighted by Gasteiger charge is 2.14. The number of imidazole rings is 1. The van der Waals surface area contributed by atoms with Gasteiger partial charge in [-0.05, 0) is 36.4 Å². The summed E-state index contributed by atoms with van der Waals surface area (Å²) in [4.78, 5) is 8.94. The van der Waals surface area contributed by atoms with Crippen LogP contribution in [0.3, 0.4) is 0 Å². The van der Waals surface area contributed by atoms with Crippen LogP contribution in [0.15, 0.2) is 60.8 Å². The highest BCUT2D eigenvalue weighted by Crippen LogP contribution is 2.29. The van der Waals surface area contributed by atoms with Gasteiger partial charge in [-0.15, -0.1) is 0 Å². The van der Waals surface area contributed by atoms with Crippen molar-refractivity contribution in [3.05, 3.63) is 66.6 Å². The van der Waals surface area contributed by atoms with Crippen molar-refractivity contribution in [2.75, 3.05) is 12.4 Å². The maximum Gasteiger partial charge on any atom is 0.208 e. The van der Waals surface area contributed by atoms with Crippen molar-refractivity contribution < 1.29 is 9.50 Å². The van der Waals surface area contributed by atoms with E-state index in [9.17, 15) is 9.50 Å². The minimum Gasteiger partial charge on any atom is -0.508 e. The minimum atomic E-state index is -0.316. The SMILES string of the molecule is CNc1nc2cnc(-c3cccc(O)c3)cc2n1-c1cccc(F)c1. The molecule has 2 N–H and O–H groups in total. The van der Waals surface area contributed by atoms with Crippen LogP contribution >= 0.6 is 0 Å². The molecule has 0 unspecified atom stereocenters. The zero-order valence-corrected chi connectivity index (χ0v) is 13.4. The predicted molar refractivity (Wildman–Crippen MR) is 95.5 cm³/mol. The fourth-order valence-electron chi connectivity index (χ4n) is 2.85. The summed E-state index contributed by atoms with van der Waals surface area (Å²) in [5.41, 5.74) is 3.64. The molecular formula is C19H15FN4O. The van der Waals surface area contributed by atoms with Crippen LogP contribution < -0.4 is 5.32 Å². The van der Waals surface area contributed by atoms with E-state index in [0.717, 1.165) is 11.1 Å². The van der Waals surface area contributed by atoms with E-state index in [1.807, 2.05) is 22.8 Å². The second kappa shape index (κ2) is 5.90. The normalized spacial score (nSPS) is 11.0. The molecule has 4 rings (SSSR count). The van der Waals surface area contributed by atoms with Gasteiger partial charge in [0.25, 0.3) is 0 Å². The number of hydrogen-bond acceptors (Lipinski definition) is 4. The number of pyridine rings is 1. The number of nitrogens with zero attached hydrogens (tertiary/aromatic N) is 3. The predicted octanol–water partition coefficient (Wildman–Crippen LogP) is 3.97. The average Bonchev–Trinajstić information content (AvgIpc) is 2.99. The Bertz CT molecular complexity index is 1070. The monoisotopic (exact) mass is 334 g/mol. The number of halogens is 1. The maximum atomic E-state index is 13.7. The fourth-order valence-corrected chi connectivity index (χ4v) is 2.85. The second-order valence-corrected chi connectivity index (χ2v) is 5.61. The first kappa shape index (κ1) is 15.1. The number of aromatic hydroxyl groups is 1. The number of phenolic OH excluding ortho intramolecular Hbond substituents is 1. The summed E-state index contributed by atoms with van der Waals surface area (Å²) < 4.78 is 15.5. The van der Waals surface area contributed by atoms with E-state index in [4.69, 9.17) is 0 Å². The van der Waals surface area contributed by atoms with Crippen molar-refractivity contribution in [2.24, 2.45) is 0 Å². The van der Waals surface area contributed by atoms with Gasteiger partial charge < -0.3 is 10.4 Å². The number of hydrogen-bond donors (Lipinski definition) is 2. The van der Waals surface area contributed by atoms with Gasteiger partial charge in [-0.3, -0.25) is 9.55 Å². The van der Waals surface area contributed by atoms with Crippen molar-refractivity contribution in [1.29, 1.82) is 0 Å². The van der Waals surface area contributed by atoms with E-state index in [1.165, 1.54) is 12.1 Å². The third kappa shape index (κ3) is 2.67. The van der Waals surface area contributed by atoms with Crippen LogP contribution in [0.25, 0.3) is 28.0 Å². The van der Waals surface area contributed by atoms with Crippen molar-refractivity contribution in [2.45, 2.75) is 0 Å². The molecule has 0 saturated carbocycles. The van der Waals surface area contributed by atoms with E-state index in [-0.39, 0.29) is 11.6 Å². The topological polar surface area (TPSA) is 63.0 Å². The lowest BCUT2D eigenvalue weighted by molar-refractivity contribution is 0.475. The van der Waals surface area contributed by atoms with Crippen molar-refractivity contribution >= 4 is 17.0 Å². The van der Waals surface area contributed by atoms with E-state index in [1.54, 1.807) is 37.5 Å². The van der Waals surface area contributed by atoms with Gasteiger partial charge in [0.1, 0.15) is 17.1 Å². The van der Waals surface area contributed by atoms with Gasteiger partial charge in [0.05, 0.1) is 23.1 Å². The van der Waals surface area contributed by atoms with Crippen molar-refractivity contribution in [3.8, 4) is 22.7 Å². The lowest BCUT2D eigenvalue weighted by atomic mass is 10.1. The molecule has 6 heteroatoms. The average molecular weight is 334 g/mol. The summed E-state index contributed by atoms with van der Waals surface area (Å²) in [5.74, 6) is 0.452. The number of nitrogens with one attached hydrogen (secondary N) is 1. The lowest BCUT2D eigenvalue weighted by Crippen LogP contribution is -2.01. The molecule has 124 valence electrons. The Morgan fingerprint density at radius 3 is 2.68 bits per heavy atom. The molecule has 0 aliphatic carbocycles. The van der Waals surface area contributed by atoms with E-state index in [0.29, 0.717) is 22.8 Å². The molecule has 5 nitrogen and oxygen atoms in total. The van der Waals surface area contributed by atoms with Crippen LogP contribution in [-0.4, -0.2) is 26.7 Å². The Morgan fingerprint density at radius 1 is 1.08 bits per heavy atom. The smallest absolute Gasteiger partial charge is 0.208 e. The highest BCUT2D eigenvalue weighted by atomic mass is 19.1. The van der Waals surface area contributed by atoms with E-state index >= 15 is 0 Å². The molecule has 0 spiro atoms. The number of aromatic nitrogens is 3. The Morgan fingerprint density at radius 2 is 1.92 bits per heavy atom. The van der Waals surface area contributed by atoms with Crippen molar-refractivity contribution in [3.63, 3.8) is 0 Å². The van der Waals surface area contributed by atoms with E-state index in [2.05, 4.69) is 15.3 Å². The third-order valence-corrected chi connectivity index (χ3v) is 3.97. The number of phenols is 1. The standard InChI is InChI=1S/C19H15FN4O/c1-21-19-23-17-11-22-16(12-4-2-7-15(25)8-12)10-18(17)24(19)14-6-3-5-13(20)9-14/h2-11,25H,1H3,(H,21,23). The summed E-state index contributed by atoms with van der Waals surface area (Å²) in [5, 5.41) is 12.7. The van der Waals surface area contributed by atoms with Crippen molar-refractivity contribution in [1.82, 2.24) is 14.5 Å². The van der Waals surface area contributed by atoms with E-state index < -0.39 is 0 Å². The van der Waals surface area contributed by atoms with Gasteiger partial charge >= 0.3 is 0 Å². The van der Waals surface area contributed by atoms with Crippen LogP contribution in [0.5, 0.6) is 5.75 Å². The first-order valence-corrected chi connectivity index (χ1v) is 7.77. The zero-order chi connectivity index (χ0) is 17.4. The van der Waals surface area contributed by atoms with Gasteiger partial charge in [0.2, 0.25) is 5.95 Å². The number of anilines is 1. The quantitative estimate of drug-likeness (QED) is 0.595. The fraction of sp³-hybridized carbons (Fsp3) is 0.0526. The van der Waals surface area contributed by atoms with Crippen LogP contribution in [0.1, 0.15) is 0 Å². The molecular weight excluding hydrogens is 319 g/mol. The summed E-state index contributed by atoms with van der Waals surface area (Å²) >= 11 is 0. The van der Waals surface area contributed by atoms with Crippen LogP contribution in [0.4, 0.5) is 10.3 Å².